The second kappa shape index (κ2) is 4.57. The number of nitrogens with two attached hydrogens (primary N) is 1. The third-order valence-electron chi connectivity index (χ3n) is 1.70. The molecule has 1 heterocycles. The molecular formula is C9H12N2O3. The van der Waals surface area contributed by atoms with E-state index in [1.807, 2.05) is 6.92 Å². The summed E-state index contributed by atoms with van der Waals surface area (Å²) < 4.78 is 5.21. The van der Waals surface area contributed by atoms with Crippen molar-refractivity contribution in [3.8, 4) is 5.75 Å². The predicted molar refractivity (Wildman–Crippen MR) is 50.1 cm³/mol. The van der Waals surface area contributed by atoms with E-state index in [0.29, 0.717) is 5.75 Å². The van der Waals surface area contributed by atoms with Crippen molar-refractivity contribution in [2.24, 2.45) is 5.73 Å². The van der Waals surface area contributed by atoms with Crippen molar-refractivity contribution in [1.82, 2.24) is 4.98 Å². The van der Waals surface area contributed by atoms with Crippen LogP contribution in [0.4, 0.5) is 0 Å². The predicted octanol–water partition coefficient (Wildman–Crippen LogP) is 0.181. The van der Waals surface area contributed by atoms with Crippen LogP contribution in [0, 0.1) is 6.92 Å². The summed E-state index contributed by atoms with van der Waals surface area (Å²) >= 11 is 0. The molecule has 0 aliphatic carbocycles. The van der Waals surface area contributed by atoms with Crippen molar-refractivity contribution in [3.63, 3.8) is 0 Å². The van der Waals surface area contributed by atoms with Crippen LogP contribution in [0.1, 0.15) is 5.56 Å². The molecule has 0 fully saturated rings. The van der Waals surface area contributed by atoms with Crippen molar-refractivity contribution in [2.75, 3.05) is 6.61 Å². The molecule has 1 atom stereocenters. The minimum atomic E-state index is -1.07. The fourth-order valence-electron chi connectivity index (χ4n) is 0.873. The average molecular weight is 196 g/mol. The second-order valence-electron chi connectivity index (χ2n) is 2.90. The first-order valence-electron chi connectivity index (χ1n) is 4.13. The number of carboxylic acid groups (broad SMARTS) is 1. The molecule has 0 aromatic carbocycles. The molecule has 3 N–H and O–H groups in total. The molecule has 1 rings (SSSR count). The minimum absolute atomic E-state index is 0.0415. The number of aryl methyl sites for hydroxylation is 1. The number of carboxylic acids is 1. The van der Waals surface area contributed by atoms with Gasteiger partial charge in [0.15, 0.2) is 0 Å². The molecular weight excluding hydrogens is 184 g/mol. The first-order chi connectivity index (χ1) is 6.61. The molecule has 5 heteroatoms. The van der Waals surface area contributed by atoms with Crippen LogP contribution in [0.25, 0.3) is 0 Å². The Kier molecular flexibility index (Phi) is 3.41. The van der Waals surface area contributed by atoms with Gasteiger partial charge in [-0.3, -0.25) is 9.78 Å². The van der Waals surface area contributed by atoms with E-state index in [2.05, 4.69) is 4.98 Å². The molecule has 1 unspecified atom stereocenters. The number of carbonyl (C=O) groups is 1. The molecule has 0 aliphatic rings. The highest BCUT2D eigenvalue weighted by Gasteiger charge is 2.12. The maximum atomic E-state index is 10.4. The van der Waals surface area contributed by atoms with Crippen LogP contribution in [0.15, 0.2) is 18.5 Å². The summed E-state index contributed by atoms with van der Waals surface area (Å²) in [5.74, 6) is -0.464. The summed E-state index contributed by atoms with van der Waals surface area (Å²) in [7, 11) is 0. The van der Waals surface area contributed by atoms with E-state index in [1.54, 1.807) is 18.5 Å². The van der Waals surface area contributed by atoms with Crippen LogP contribution in [0.2, 0.25) is 0 Å². The summed E-state index contributed by atoms with van der Waals surface area (Å²) in [6.45, 7) is 1.79. The van der Waals surface area contributed by atoms with E-state index in [1.165, 1.54) is 0 Å². The molecule has 0 radical (unpaired) electrons. The third-order valence-corrected chi connectivity index (χ3v) is 1.70. The SMILES string of the molecule is Cc1cnccc1OCC(N)C(=O)O. The number of rotatable bonds is 4. The van der Waals surface area contributed by atoms with Crippen LogP contribution in [-0.4, -0.2) is 28.7 Å². The number of hydrogen-bond acceptors (Lipinski definition) is 4. The number of aliphatic carboxylic acids is 1. The van der Waals surface area contributed by atoms with E-state index in [9.17, 15) is 4.79 Å². The summed E-state index contributed by atoms with van der Waals surface area (Å²) in [4.78, 5) is 14.3. The average Bonchev–Trinajstić information content (AvgIpc) is 2.16. The Labute approximate surface area is 81.5 Å². The second-order valence-corrected chi connectivity index (χ2v) is 2.90. The van der Waals surface area contributed by atoms with Crippen molar-refractivity contribution >= 4 is 5.97 Å². The van der Waals surface area contributed by atoms with Gasteiger partial charge in [0.05, 0.1) is 0 Å². The molecule has 14 heavy (non-hydrogen) atoms. The van der Waals surface area contributed by atoms with Gasteiger partial charge in [0.2, 0.25) is 0 Å². The number of aromatic nitrogens is 1. The lowest BCUT2D eigenvalue weighted by atomic mass is 10.3. The fraction of sp³-hybridized carbons (Fsp3) is 0.333. The highest BCUT2D eigenvalue weighted by molar-refractivity contribution is 5.73. The molecule has 1 aromatic rings. The zero-order chi connectivity index (χ0) is 10.6. The van der Waals surface area contributed by atoms with E-state index >= 15 is 0 Å². The van der Waals surface area contributed by atoms with Gasteiger partial charge in [-0.1, -0.05) is 0 Å². The molecule has 1 aromatic heterocycles. The summed E-state index contributed by atoms with van der Waals surface area (Å²) in [6, 6.07) is 0.673. The Morgan fingerprint density at radius 1 is 1.79 bits per heavy atom. The van der Waals surface area contributed by atoms with Gasteiger partial charge in [-0.05, 0) is 13.0 Å². The van der Waals surface area contributed by atoms with Gasteiger partial charge in [-0.15, -0.1) is 0 Å². The van der Waals surface area contributed by atoms with Crippen molar-refractivity contribution in [1.29, 1.82) is 0 Å². The third kappa shape index (κ3) is 2.70. The van der Waals surface area contributed by atoms with Gasteiger partial charge in [0.1, 0.15) is 18.4 Å². The first-order valence-corrected chi connectivity index (χ1v) is 4.13. The number of hydrogen-bond donors (Lipinski definition) is 2. The Morgan fingerprint density at radius 3 is 3.07 bits per heavy atom. The lowest BCUT2D eigenvalue weighted by Crippen LogP contribution is -2.36. The van der Waals surface area contributed by atoms with Crippen LogP contribution in [0.3, 0.4) is 0 Å². The Bertz CT molecular complexity index is 328. The zero-order valence-corrected chi connectivity index (χ0v) is 7.80. The number of ether oxygens (including phenoxy) is 1. The smallest absolute Gasteiger partial charge is 0.324 e. The maximum absolute atomic E-state index is 10.4. The number of pyridine rings is 1. The first kappa shape index (κ1) is 10.5. The lowest BCUT2D eigenvalue weighted by molar-refractivity contribution is -0.139. The Hall–Kier alpha value is -1.62. The highest BCUT2D eigenvalue weighted by atomic mass is 16.5. The molecule has 76 valence electrons. The normalized spacial score (nSPS) is 12.1. The van der Waals surface area contributed by atoms with Crippen LogP contribution < -0.4 is 10.5 Å². The van der Waals surface area contributed by atoms with Crippen LogP contribution in [0.5, 0.6) is 5.75 Å². The maximum Gasteiger partial charge on any atom is 0.324 e. The van der Waals surface area contributed by atoms with E-state index in [0.717, 1.165) is 5.56 Å². The zero-order valence-electron chi connectivity index (χ0n) is 7.80. The topological polar surface area (TPSA) is 85.4 Å². The van der Waals surface area contributed by atoms with Gasteiger partial charge in [0.25, 0.3) is 0 Å². The quantitative estimate of drug-likeness (QED) is 0.717. The Balaban J connectivity index is 2.54. The summed E-state index contributed by atoms with van der Waals surface area (Å²) in [5, 5.41) is 8.51. The summed E-state index contributed by atoms with van der Waals surface area (Å²) in [6.07, 6.45) is 3.22. The molecule has 0 spiro atoms. The molecule has 0 bridgehead atoms. The van der Waals surface area contributed by atoms with E-state index in [4.69, 9.17) is 15.6 Å². The van der Waals surface area contributed by atoms with Crippen molar-refractivity contribution < 1.29 is 14.6 Å². The van der Waals surface area contributed by atoms with Gasteiger partial charge in [0, 0.05) is 18.0 Å². The Morgan fingerprint density at radius 2 is 2.50 bits per heavy atom. The highest BCUT2D eigenvalue weighted by Crippen LogP contribution is 2.14. The molecule has 5 nitrogen and oxygen atoms in total. The van der Waals surface area contributed by atoms with Crippen LogP contribution in [-0.2, 0) is 4.79 Å². The van der Waals surface area contributed by atoms with Gasteiger partial charge >= 0.3 is 5.97 Å². The standard InChI is InChI=1S/C9H12N2O3/c1-6-4-11-3-2-8(6)14-5-7(10)9(12)13/h2-4,7H,5,10H2,1H3,(H,12,13). The minimum Gasteiger partial charge on any atom is -0.491 e. The summed E-state index contributed by atoms with van der Waals surface area (Å²) in [5.41, 5.74) is 6.13. The van der Waals surface area contributed by atoms with Gasteiger partial charge < -0.3 is 15.6 Å². The molecule has 0 aliphatic heterocycles. The van der Waals surface area contributed by atoms with Gasteiger partial charge in [-0.25, -0.2) is 0 Å². The van der Waals surface area contributed by atoms with Gasteiger partial charge in [-0.2, -0.15) is 0 Å². The van der Waals surface area contributed by atoms with E-state index < -0.39 is 12.0 Å². The number of nitrogens with zero attached hydrogens (tertiary/aromatic N) is 1. The van der Waals surface area contributed by atoms with Crippen molar-refractivity contribution in [2.45, 2.75) is 13.0 Å². The van der Waals surface area contributed by atoms with Crippen molar-refractivity contribution in [3.05, 3.63) is 24.0 Å². The lowest BCUT2D eigenvalue weighted by Gasteiger charge is -2.10. The molecule has 0 saturated carbocycles. The largest absolute Gasteiger partial charge is 0.491 e. The van der Waals surface area contributed by atoms with Crippen LogP contribution >= 0.6 is 0 Å². The monoisotopic (exact) mass is 196 g/mol. The molecule has 0 saturated heterocycles. The fourth-order valence-corrected chi connectivity index (χ4v) is 0.873. The molecule has 0 amide bonds. The van der Waals surface area contributed by atoms with E-state index in [-0.39, 0.29) is 6.61 Å².